The van der Waals surface area contributed by atoms with E-state index in [1.807, 2.05) is 5.43 Å². The highest BCUT2D eigenvalue weighted by molar-refractivity contribution is 6.31. The van der Waals surface area contributed by atoms with Gasteiger partial charge in [0.2, 0.25) is 5.62 Å². The maximum Gasteiger partial charge on any atom is 0.418 e. The quantitative estimate of drug-likeness (QED) is 0.0465. The van der Waals surface area contributed by atoms with Gasteiger partial charge in [-0.05, 0) is 36.4 Å². The molecule has 8 nitrogen and oxygen atoms in total. The van der Waals surface area contributed by atoms with Gasteiger partial charge in [0, 0.05) is 45.5 Å². The Hall–Kier alpha value is -4.23. The summed E-state index contributed by atoms with van der Waals surface area (Å²) in [6.07, 6.45) is -4.99. The molecule has 5 rings (SSSR count). The van der Waals surface area contributed by atoms with Crippen LogP contribution in [-0.2, 0) is 18.7 Å². The number of aromatic nitrogens is 2. The van der Waals surface area contributed by atoms with Crippen molar-refractivity contribution in [3.63, 3.8) is 0 Å². The lowest BCUT2D eigenvalue weighted by Gasteiger charge is -2.41. The molecule has 3 aromatic carbocycles. The van der Waals surface area contributed by atoms with E-state index in [1.165, 1.54) is 28.8 Å². The first-order chi connectivity index (χ1) is 21.2. The number of rotatable bonds is 6. The van der Waals surface area contributed by atoms with Gasteiger partial charge >= 0.3 is 6.18 Å². The molecule has 4 radical (unpaired) electrons. The summed E-state index contributed by atoms with van der Waals surface area (Å²) in [5, 5.41) is 11.3. The fourth-order valence-electron chi connectivity index (χ4n) is 5.65. The molecule has 7 N–H and O–H groups in total. The van der Waals surface area contributed by atoms with Gasteiger partial charge in [-0.3, -0.25) is 11.3 Å². The fourth-order valence-corrected chi connectivity index (χ4v) is 5.88. The third-order valence-electron chi connectivity index (χ3n) is 8.42. The first kappa shape index (κ1) is 33.1. The Kier molecular flexibility index (Phi) is 7.88. The average Bonchev–Trinajstić information content (AvgIpc) is 3.41. The van der Waals surface area contributed by atoms with E-state index in [0.29, 0.717) is 33.4 Å². The van der Waals surface area contributed by atoms with Crippen molar-refractivity contribution in [1.29, 1.82) is 5.41 Å². The first-order valence-corrected chi connectivity index (χ1v) is 14.1. The summed E-state index contributed by atoms with van der Waals surface area (Å²) >= 11 is 6.51. The Bertz CT molecular complexity index is 2030. The standard InChI is InChI=1S/C30H28B2ClF5N8/c1-12-21-22(24(42-12)15-8-13(34)6-7-18(15)33)19(11-20-25(21)45(5)27(40)46(20)29(4,32)28(2,3)31)43-26(39)16-9-14(35)10-17(23(16)44-41)30(36,37)38/h6-11,24,40,42,44H,1,41H2,2-5H3,(H2,39,43). The summed E-state index contributed by atoms with van der Waals surface area (Å²) in [6.45, 7) is 9.17. The zero-order chi connectivity index (χ0) is 34.3. The van der Waals surface area contributed by atoms with E-state index < -0.39 is 57.3 Å². The van der Waals surface area contributed by atoms with Crippen molar-refractivity contribution in [2.45, 2.75) is 43.7 Å². The minimum atomic E-state index is -4.99. The van der Waals surface area contributed by atoms with Crippen LogP contribution in [0.2, 0.25) is 10.3 Å². The minimum absolute atomic E-state index is 0.0515. The summed E-state index contributed by atoms with van der Waals surface area (Å²) in [5.41, 5.74) is 6.60. The lowest BCUT2D eigenvalue weighted by molar-refractivity contribution is -0.137. The van der Waals surface area contributed by atoms with Crippen LogP contribution in [-0.4, -0.2) is 30.7 Å². The maximum atomic E-state index is 14.6. The van der Waals surface area contributed by atoms with Crippen molar-refractivity contribution < 1.29 is 22.0 Å². The van der Waals surface area contributed by atoms with E-state index in [1.54, 1.807) is 32.4 Å². The van der Waals surface area contributed by atoms with Crippen LogP contribution < -0.4 is 27.9 Å². The Morgan fingerprint density at radius 1 is 1.11 bits per heavy atom. The molecule has 16 heteroatoms. The number of aliphatic imine (C=N–C) groups is 1. The number of hydrogen-bond acceptors (Lipinski definition) is 5. The van der Waals surface area contributed by atoms with Gasteiger partial charge in [-0.15, -0.1) is 0 Å². The summed E-state index contributed by atoms with van der Waals surface area (Å²) in [4.78, 5) is 4.50. The molecule has 0 aliphatic carbocycles. The van der Waals surface area contributed by atoms with Gasteiger partial charge in [-0.2, -0.15) is 13.2 Å². The number of hydrazine groups is 1. The SMILES string of the molecule is [B]C(C)(C)C([B])(C)n1c(=N)n(C)c2c3c(c(N=C(N)c4cc(F)cc(C(F)(F)F)c4NN)cc21)C(c1cc(F)ccc1Cl)NC3=C. The third kappa shape index (κ3) is 5.15. The topological polar surface area (TPSA) is 122 Å². The molecule has 46 heavy (non-hydrogen) atoms. The first-order valence-electron chi connectivity index (χ1n) is 13.7. The molecule has 1 aliphatic rings. The lowest BCUT2D eigenvalue weighted by atomic mass is 9.51. The molecule has 0 amide bonds. The Morgan fingerprint density at radius 2 is 1.76 bits per heavy atom. The third-order valence-corrected chi connectivity index (χ3v) is 8.76. The Morgan fingerprint density at radius 3 is 2.35 bits per heavy atom. The fraction of sp³-hybridized carbons (Fsp3) is 0.267. The van der Waals surface area contributed by atoms with Gasteiger partial charge < -0.3 is 25.6 Å². The van der Waals surface area contributed by atoms with Gasteiger partial charge in [0.05, 0.1) is 41.9 Å². The summed E-state index contributed by atoms with van der Waals surface area (Å²) in [5.74, 6) is 3.11. The van der Waals surface area contributed by atoms with Crippen molar-refractivity contribution in [3.8, 4) is 0 Å². The van der Waals surface area contributed by atoms with E-state index >= 15 is 0 Å². The van der Waals surface area contributed by atoms with Crippen molar-refractivity contribution in [2.75, 3.05) is 5.43 Å². The van der Waals surface area contributed by atoms with E-state index in [0.717, 1.165) is 6.07 Å². The van der Waals surface area contributed by atoms with Crippen molar-refractivity contribution in [3.05, 3.63) is 93.1 Å². The largest absolute Gasteiger partial charge is 0.418 e. The molecule has 2 unspecified atom stereocenters. The molecule has 0 fully saturated rings. The van der Waals surface area contributed by atoms with Gasteiger partial charge in [-0.1, -0.05) is 44.3 Å². The lowest BCUT2D eigenvalue weighted by Crippen LogP contribution is -2.46. The van der Waals surface area contributed by atoms with Gasteiger partial charge in [-0.25, -0.2) is 13.8 Å². The molecule has 1 aromatic heterocycles. The van der Waals surface area contributed by atoms with Crippen molar-refractivity contribution >= 4 is 61.2 Å². The van der Waals surface area contributed by atoms with E-state index in [-0.39, 0.29) is 22.4 Å². The number of imidazole rings is 1. The second-order valence-electron chi connectivity index (χ2n) is 11.9. The number of aryl methyl sites for hydroxylation is 1. The average molecular weight is 653 g/mol. The smallest absolute Gasteiger partial charge is 0.383 e. The summed E-state index contributed by atoms with van der Waals surface area (Å²) in [7, 11) is 14.9. The molecule has 2 heterocycles. The molecular weight excluding hydrogens is 624 g/mol. The molecule has 2 atom stereocenters. The highest BCUT2D eigenvalue weighted by Crippen LogP contribution is 2.49. The monoisotopic (exact) mass is 652 g/mol. The second-order valence-corrected chi connectivity index (χ2v) is 12.3. The highest BCUT2D eigenvalue weighted by atomic mass is 35.5. The van der Waals surface area contributed by atoms with E-state index in [4.69, 9.17) is 44.3 Å². The number of anilines is 1. The van der Waals surface area contributed by atoms with Crippen LogP contribution in [0.25, 0.3) is 16.7 Å². The zero-order valence-electron chi connectivity index (χ0n) is 25.2. The Balaban J connectivity index is 1.93. The minimum Gasteiger partial charge on any atom is -0.383 e. The highest BCUT2D eigenvalue weighted by Gasteiger charge is 2.40. The number of alkyl halides is 3. The molecule has 0 bridgehead atoms. The predicted molar refractivity (Wildman–Crippen MR) is 171 cm³/mol. The number of halogens is 6. The molecule has 0 spiro atoms. The van der Waals surface area contributed by atoms with Crippen LogP contribution in [0.4, 0.5) is 33.3 Å². The summed E-state index contributed by atoms with van der Waals surface area (Å²) in [6, 6.07) is 5.47. The van der Waals surface area contributed by atoms with Crippen molar-refractivity contribution in [1.82, 2.24) is 14.5 Å². The predicted octanol–water partition coefficient (Wildman–Crippen LogP) is 5.60. The van der Waals surface area contributed by atoms with Crippen LogP contribution in [0.1, 0.15) is 54.6 Å². The number of benzene rings is 3. The van der Waals surface area contributed by atoms with Crippen LogP contribution >= 0.6 is 11.6 Å². The molecule has 1 aliphatic heterocycles. The Labute approximate surface area is 268 Å². The van der Waals surface area contributed by atoms with Gasteiger partial charge in [0.25, 0.3) is 0 Å². The van der Waals surface area contributed by atoms with Crippen molar-refractivity contribution in [2.24, 2.45) is 23.6 Å². The van der Waals surface area contributed by atoms with Crippen LogP contribution in [0, 0.1) is 17.0 Å². The number of nitrogen functional groups attached to an aromatic ring is 1. The second kappa shape index (κ2) is 10.9. The van der Waals surface area contributed by atoms with Gasteiger partial charge in [0.15, 0.2) is 0 Å². The molecular formula is C30H28B2ClF5N8. The number of amidine groups is 1. The molecule has 0 saturated carbocycles. The number of nitrogens with two attached hydrogens (primary N) is 2. The number of fused-ring (bicyclic) bond motifs is 3. The van der Waals surface area contributed by atoms with E-state index in [2.05, 4.69) is 16.9 Å². The zero-order valence-corrected chi connectivity index (χ0v) is 25.9. The number of hydrogen-bond donors (Lipinski definition) is 5. The summed E-state index contributed by atoms with van der Waals surface area (Å²) < 4.78 is 73.6. The van der Waals surface area contributed by atoms with Crippen LogP contribution in [0.15, 0.2) is 48.0 Å². The van der Waals surface area contributed by atoms with Crippen LogP contribution in [0.3, 0.4) is 0 Å². The molecule has 236 valence electrons. The normalized spacial score (nSPS) is 16.8. The van der Waals surface area contributed by atoms with Crippen LogP contribution in [0.5, 0.6) is 0 Å². The number of nitrogens with zero attached hydrogens (tertiary/aromatic N) is 3. The van der Waals surface area contributed by atoms with Gasteiger partial charge in [0.1, 0.15) is 25.3 Å². The molecule has 0 saturated heterocycles. The maximum absolute atomic E-state index is 14.6. The van der Waals surface area contributed by atoms with E-state index in [9.17, 15) is 22.0 Å². The molecule has 4 aromatic rings. The number of nitrogens with one attached hydrogen (secondary N) is 3.